The first-order valence-corrected chi connectivity index (χ1v) is 8.20. The fourth-order valence-electron chi connectivity index (χ4n) is 2.29. The second-order valence-electron chi connectivity index (χ2n) is 5.15. The van der Waals surface area contributed by atoms with Crippen molar-refractivity contribution >= 4 is 34.3 Å². The van der Waals surface area contributed by atoms with E-state index >= 15 is 0 Å². The highest BCUT2D eigenvalue weighted by Gasteiger charge is 2.09. The Labute approximate surface area is 145 Å². The van der Waals surface area contributed by atoms with Crippen LogP contribution >= 0.6 is 11.8 Å². The zero-order valence-corrected chi connectivity index (χ0v) is 13.7. The van der Waals surface area contributed by atoms with Gasteiger partial charge in [-0.05, 0) is 36.4 Å². The van der Waals surface area contributed by atoms with E-state index in [2.05, 4.69) is 10.3 Å². The van der Waals surface area contributed by atoms with Gasteiger partial charge >= 0.3 is 0 Å². The first-order valence-electron chi connectivity index (χ1n) is 7.32. The molecule has 0 aliphatic heterocycles. The van der Waals surface area contributed by atoms with Gasteiger partial charge in [0, 0.05) is 10.6 Å². The van der Waals surface area contributed by atoms with Crippen molar-refractivity contribution in [1.29, 1.82) is 0 Å². The van der Waals surface area contributed by atoms with Gasteiger partial charge in [-0.15, -0.1) is 0 Å². The minimum atomic E-state index is -2.49. The number of amides is 1. The molecular formula is C17H13F2N3O2S. The van der Waals surface area contributed by atoms with Crippen molar-refractivity contribution in [3.05, 3.63) is 65.2 Å². The van der Waals surface area contributed by atoms with Gasteiger partial charge in [0.05, 0.1) is 17.2 Å². The monoisotopic (exact) mass is 361 g/mol. The van der Waals surface area contributed by atoms with Crippen molar-refractivity contribution < 1.29 is 13.6 Å². The highest BCUT2D eigenvalue weighted by Crippen LogP contribution is 2.26. The van der Waals surface area contributed by atoms with Gasteiger partial charge in [0.1, 0.15) is 6.54 Å². The van der Waals surface area contributed by atoms with Gasteiger partial charge in [-0.3, -0.25) is 14.2 Å². The maximum absolute atomic E-state index is 12.3. The molecule has 0 atom stereocenters. The zero-order valence-electron chi connectivity index (χ0n) is 12.9. The van der Waals surface area contributed by atoms with E-state index in [9.17, 15) is 18.4 Å². The van der Waals surface area contributed by atoms with Crippen LogP contribution in [-0.2, 0) is 11.3 Å². The fraction of sp³-hybridized carbons (Fsp3) is 0.118. The van der Waals surface area contributed by atoms with Crippen LogP contribution in [0.4, 0.5) is 14.5 Å². The number of alkyl halides is 2. The number of nitrogens with zero attached hydrogens (tertiary/aromatic N) is 2. The molecule has 2 aromatic carbocycles. The number of para-hydroxylation sites is 1. The fourth-order valence-corrected chi connectivity index (χ4v) is 2.79. The number of hydrogen-bond donors (Lipinski definition) is 1. The number of benzene rings is 2. The number of halogens is 2. The lowest BCUT2D eigenvalue weighted by Crippen LogP contribution is -2.27. The van der Waals surface area contributed by atoms with Crippen LogP contribution in [-0.4, -0.2) is 21.2 Å². The largest absolute Gasteiger partial charge is 0.325 e. The summed E-state index contributed by atoms with van der Waals surface area (Å²) in [6.45, 7) is -0.190. The van der Waals surface area contributed by atoms with Crippen molar-refractivity contribution in [2.24, 2.45) is 0 Å². The van der Waals surface area contributed by atoms with Crippen molar-refractivity contribution in [3.63, 3.8) is 0 Å². The predicted octanol–water partition coefficient (Wildman–Crippen LogP) is 3.35. The van der Waals surface area contributed by atoms with Crippen LogP contribution < -0.4 is 10.9 Å². The Morgan fingerprint density at radius 2 is 1.88 bits per heavy atom. The first-order chi connectivity index (χ1) is 12.0. The van der Waals surface area contributed by atoms with E-state index in [1.165, 1.54) is 35.2 Å². The zero-order chi connectivity index (χ0) is 17.8. The van der Waals surface area contributed by atoms with Gasteiger partial charge in [-0.2, -0.15) is 8.78 Å². The highest BCUT2D eigenvalue weighted by atomic mass is 32.2. The van der Waals surface area contributed by atoms with Crippen molar-refractivity contribution in [3.8, 4) is 0 Å². The van der Waals surface area contributed by atoms with E-state index in [0.717, 1.165) is 0 Å². The standard InChI is InChI=1S/C17H13F2N3O2S/c18-17(19)25-12-7-5-11(6-8-12)21-15(23)9-22-10-20-14-4-2-1-3-13(14)16(22)24/h1-8,10,17H,9H2,(H,21,23). The molecule has 0 aliphatic carbocycles. The van der Waals surface area contributed by atoms with Crippen LogP contribution in [0, 0.1) is 0 Å². The molecule has 1 N–H and O–H groups in total. The van der Waals surface area contributed by atoms with Crippen molar-refractivity contribution in [2.45, 2.75) is 17.2 Å². The second kappa shape index (κ2) is 7.43. The topological polar surface area (TPSA) is 64.0 Å². The number of aromatic nitrogens is 2. The van der Waals surface area contributed by atoms with E-state index < -0.39 is 11.7 Å². The van der Waals surface area contributed by atoms with Gasteiger partial charge in [-0.25, -0.2) is 4.98 Å². The quantitative estimate of drug-likeness (QED) is 0.708. The Hall–Kier alpha value is -2.74. The third kappa shape index (κ3) is 4.21. The average molecular weight is 361 g/mol. The summed E-state index contributed by atoms with van der Waals surface area (Å²) in [5, 5.41) is 3.06. The summed E-state index contributed by atoms with van der Waals surface area (Å²) in [7, 11) is 0. The Morgan fingerprint density at radius 1 is 1.16 bits per heavy atom. The first kappa shape index (κ1) is 17.1. The Morgan fingerprint density at radius 3 is 2.60 bits per heavy atom. The lowest BCUT2D eigenvalue weighted by atomic mass is 10.2. The number of fused-ring (bicyclic) bond motifs is 1. The number of rotatable bonds is 5. The van der Waals surface area contributed by atoms with Gasteiger partial charge in [0.2, 0.25) is 5.91 Å². The lowest BCUT2D eigenvalue weighted by molar-refractivity contribution is -0.116. The van der Waals surface area contributed by atoms with E-state index in [4.69, 9.17) is 0 Å². The molecular weight excluding hydrogens is 348 g/mol. The van der Waals surface area contributed by atoms with Gasteiger partial charge in [-0.1, -0.05) is 23.9 Å². The molecule has 0 radical (unpaired) electrons. The third-order valence-corrected chi connectivity index (χ3v) is 4.13. The molecule has 3 aromatic rings. The number of nitrogens with one attached hydrogen (secondary N) is 1. The van der Waals surface area contributed by atoms with Crippen molar-refractivity contribution in [2.75, 3.05) is 5.32 Å². The second-order valence-corrected chi connectivity index (χ2v) is 6.21. The Balaban J connectivity index is 1.70. The molecule has 1 aromatic heterocycles. The van der Waals surface area contributed by atoms with Crippen molar-refractivity contribution in [1.82, 2.24) is 9.55 Å². The van der Waals surface area contributed by atoms with E-state index in [-0.39, 0.29) is 12.1 Å². The van der Waals surface area contributed by atoms with E-state index in [0.29, 0.717) is 33.2 Å². The number of hydrogen-bond acceptors (Lipinski definition) is 4. The molecule has 0 spiro atoms. The molecule has 0 bridgehead atoms. The molecule has 25 heavy (non-hydrogen) atoms. The summed E-state index contributed by atoms with van der Waals surface area (Å²) in [6.07, 6.45) is 1.33. The summed E-state index contributed by atoms with van der Waals surface area (Å²) in [5.41, 5.74) is 0.728. The molecule has 0 saturated carbocycles. The van der Waals surface area contributed by atoms with Crippen LogP contribution in [0.2, 0.25) is 0 Å². The molecule has 0 saturated heterocycles. The van der Waals surface area contributed by atoms with E-state index in [1.807, 2.05) is 0 Å². The van der Waals surface area contributed by atoms with E-state index in [1.54, 1.807) is 24.3 Å². The van der Waals surface area contributed by atoms with Crippen LogP contribution in [0.3, 0.4) is 0 Å². The van der Waals surface area contributed by atoms with Crippen LogP contribution in [0.25, 0.3) is 10.9 Å². The summed E-state index contributed by atoms with van der Waals surface area (Å²) < 4.78 is 25.8. The van der Waals surface area contributed by atoms with Gasteiger partial charge < -0.3 is 5.32 Å². The number of carbonyl (C=O) groups excluding carboxylic acids is 1. The molecule has 5 nitrogen and oxygen atoms in total. The summed E-state index contributed by atoms with van der Waals surface area (Å²) in [6, 6.07) is 12.9. The van der Waals surface area contributed by atoms with Gasteiger partial charge in [0.15, 0.2) is 0 Å². The maximum atomic E-state index is 12.3. The van der Waals surface area contributed by atoms with Gasteiger partial charge in [0.25, 0.3) is 11.3 Å². The molecule has 1 amide bonds. The molecule has 128 valence electrons. The molecule has 0 fully saturated rings. The molecule has 1 heterocycles. The minimum absolute atomic E-state index is 0.190. The molecule has 0 aliphatic rings. The maximum Gasteiger partial charge on any atom is 0.288 e. The normalized spacial score (nSPS) is 11.0. The molecule has 0 unspecified atom stereocenters. The van der Waals surface area contributed by atoms with Crippen LogP contribution in [0.5, 0.6) is 0 Å². The number of thioether (sulfide) groups is 1. The minimum Gasteiger partial charge on any atom is -0.325 e. The summed E-state index contributed by atoms with van der Waals surface area (Å²) in [4.78, 5) is 29.0. The Bertz CT molecular complexity index is 958. The van der Waals surface area contributed by atoms with Crippen LogP contribution in [0.15, 0.2) is 64.5 Å². The summed E-state index contributed by atoms with van der Waals surface area (Å²) >= 11 is 0.432. The molecule has 8 heteroatoms. The number of anilines is 1. The average Bonchev–Trinajstić information content (AvgIpc) is 2.59. The SMILES string of the molecule is O=C(Cn1cnc2ccccc2c1=O)Nc1ccc(SC(F)F)cc1. The smallest absolute Gasteiger partial charge is 0.288 e. The molecule has 3 rings (SSSR count). The predicted molar refractivity (Wildman–Crippen MR) is 92.9 cm³/mol. The third-order valence-electron chi connectivity index (χ3n) is 3.41. The highest BCUT2D eigenvalue weighted by molar-refractivity contribution is 7.99. The number of carbonyl (C=O) groups is 1. The summed E-state index contributed by atoms with van der Waals surface area (Å²) in [5.74, 6) is -2.90. The van der Waals surface area contributed by atoms with Crippen LogP contribution in [0.1, 0.15) is 0 Å². The lowest BCUT2D eigenvalue weighted by Gasteiger charge is -2.08. The Kier molecular flexibility index (Phi) is 5.08.